The average Bonchev–Trinajstić information content (AvgIpc) is 3.33. The van der Waals surface area contributed by atoms with E-state index in [9.17, 15) is 9.59 Å². The Balaban J connectivity index is 1.73. The number of pyridine rings is 1. The van der Waals surface area contributed by atoms with Crippen molar-refractivity contribution in [2.75, 3.05) is 11.6 Å². The quantitative estimate of drug-likeness (QED) is 0.267. The van der Waals surface area contributed by atoms with Crippen LogP contribution in [0.25, 0.3) is 16.7 Å². The van der Waals surface area contributed by atoms with Gasteiger partial charge in [0, 0.05) is 18.1 Å². The molecule has 2 aromatic carbocycles. The maximum absolute atomic E-state index is 13.2. The van der Waals surface area contributed by atoms with Crippen molar-refractivity contribution >= 4 is 28.6 Å². The molecule has 0 aliphatic heterocycles. The molecule has 0 saturated heterocycles. The molecule has 178 valence electrons. The molecule has 0 atom stereocenters. The second-order valence-electron chi connectivity index (χ2n) is 8.77. The molecule has 0 fully saturated rings. The van der Waals surface area contributed by atoms with Gasteiger partial charge in [0.25, 0.3) is 0 Å². The number of anilines is 2. The molecule has 8 heteroatoms. The zero-order chi connectivity index (χ0) is 24.7. The number of benzene rings is 2. The summed E-state index contributed by atoms with van der Waals surface area (Å²) < 4.78 is 6.90. The lowest BCUT2D eigenvalue weighted by Gasteiger charge is -2.21. The van der Waals surface area contributed by atoms with Gasteiger partial charge in [-0.05, 0) is 80.5 Å². The van der Waals surface area contributed by atoms with E-state index < -0.39 is 11.4 Å². The summed E-state index contributed by atoms with van der Waals surface area (Å²) in [5.74, 6) is 6.01. The summed E-state index contributed by atoms with van der Waals surface area (Å²) in [5.41, 5.74) is 6.08. The minimum atomic E-state index is -0.672. The summed E-state index contributed by atoms with van der Waals surface area (Å²) in [7, 11) is 0. The number of aromatic nitrogens is 3. The predicted octanol–water partition coefficient (Wildman–Crippen LogP) is 4.07. The number of aryl methyl sites for hydroxylation is 3. The summed E-state index contributed by atoms with van der Waals surface area (Å²) in [5, 5.41) is 1.63. The van der Waals surface area contributed by atoms with Crippen molar-refractivity contribution < 1.29 is 9.53 Å². The number of ether oxygens (including phenoxy) is 1. The molecule has 0 amide bonds. The van der Waals surface area contributed by atoms with Gasteiger partial charge in [-0.15, -0.1) is 0 Å². The van der Waals surface area contributed by atoms with Crippen molar-refractivity contribution in [3.8, 4) is 5.69 Å². The molecule has 0 bridgehead atoms. The van der Waals surface area contributed by atoms with Crippen LogP contribution >= 0.6 is 0 Å². The maximum Gasteiger partial charge on any atom is 0.343 e. The van der Waals surface area contributed by atoms with Crippen molar-refractivity contribution in [2.45, 2.75) is 40.0 Å². The molecule has 0 spiro atoms. The van der Waals surface area contributed by atoms with Crippen LogP contribution < -0.4 is 16.3 Å². The van der Waals surface area contributed by atoms with Gasteiger partial charge in [0.2, 0.25) is 11.4 Å². The number of hydrogen-bond acceptors (Lipinski definition) is 7. The largest absolute Gasteiger partial charge is 0.462 e. The lowest BCUT2D eigenvalue weighted by Crippen LogP contribution is -2.29. The Morgan fingerprint density at radius 2 is 1.97 bits per heavy atom. The molecule has 0 radical (unpaired) electrons. The fourth-order valence-electron chi connectivity index (χ4n) is 4.58. The van der Waals surface area contributed by atoms with Gasteiger partial charge in [-0.1, -0.05) is 18.2 Å². The van der Waals surface area contributed by atoms with E-state index in [1.54, 1.807) is 11.5 Å². The van der Waals surface area contributed by atoms with Crippen LogP contribution in [0.15, 0.2) is 53.6 Å². The van der Waals surface area contributed by atoms with E-state index in [0.717, 1.165) is 41.8 Å². The fraction of sp³-hybridized carbons (Fsp3) is 0.259. The Morgan fingerprint density at radius 1 is 1.17 bits per heavy atom. The number of esters is 1. The first-order chi connectivity index (χ1) is 16.9. The lowest BCUT2D eigenvalue weighted by molar-refractivity contribution is 0.0524. The van der Waals surface area contributed by atoms with Crippen LogP contribution in [0.1, 0.15) is 46.0 Å². The van der Waals surface area contributed by atoms with Crippen molar-refractivity contribution in [3.05, 3.63) is 86.8 Å². The smallest absolute Gasteiger partial charge is 0.343 e. The molecule has 1 aliphatic carbocycles. The number of nitrogens with two attached hydrogens (primary N) is 1. The van der Waals surface area contributed by atoms with E-state index in [-0.39, 0.29) is 23.5 Å². The minimum absolute atomic E-state index is 0.0599. The number of rotatable bonds is 5. The van der Waals surface area contributed by atoms with Crippen LogP contribution in [0, 0.1) is 13.8 Å². The number of nitrogens with zero attached hydrogens (tertiary/aromatic N) is 4. The Hall–Kier alpha value is -4.04. The lowest BCUT2D eigenvalue weighted by atomic mass is 10.1. The van der Waals surface area contributed by atoms with Crippen LogP contribution in [-0.4, -0.2) is 27.1 Å². The third-order valence-corrected chi connectivity index (χ3v) is 6.64. The van der Waals surface area contributed by atoms with Gasteiger partial charge in [-0.25, -0.2) is 20.6 Å². The Morgan fingerprint density at radius 3 is 2.77 bits per heavy atom. The van der Waals surface area contributed by atoms with Gasteiger partial charge in [0.1, 0.15) is 5.56 Å². The van der Waals surface area contributed by atoms with E-state index in [1.165, 1.54) is 28.5 Å². The molecule has 2 aromatic heterocycles. The highest BCUT2D eigenvalue weighted by atomic mass is 16.5. The summed E-state index contributed by atoms with van der Waals surface area (Å²) in [4.78, 5) is 34.9. The first-order valence-electron chi connectivity index (χ1n) is 11.7. The van der Waals surface area contributed by atoms with Gasteiger partial charge in [0.15, 0.2) is 5.65 Å². The molecule has 2 N–H and O–H groups in total. The summed E-state index contributed by atoms with van der Waals surface area (Å²) in [6.07, 6.45) is 6.10. The van der Waals surface area contributed by atoms with Gasteiger partial charge in [-0.3, -0.25) is 4.79 Å². The zero-order valence-electron chi connectivity index (χ0n) is 20.0. The molecule has 0 saturated carbocycles. The van der Waals surface area contributed by atoms with E-state index >= 15 is 0 Å². The third kappa shape index (κ3) is 3.95. The van der Waals surface area contributed by atoms with Gasteiger partial charge >= 0.3 is 5.97 Å². The Kier molecular flexibility index (Phi) is 5.82. The maximum atomic E-state index is 13.2. The third-order valence-electron chi connectivity index (χ3n) is 6.64. The predicted molar refractivity (Wildman–Crippen MR) is 135 cm³/mol. The molecule has 0 unspecified atom stereocenters. The highest BCUT2D eigenvalue weighted by Gasteiger charge is 2.21. The van der Waals surface area contributed by atoms with Gasteiger partial charge in [0.05, 0.1) is 17.7 Å². The zero-order valence-corrected chi connectivity index (χ0v) is 20.0. The van der Waals surface area contributed by atoms with Gasteiger partial charge < -0.3 is 9.30 Å². The molecule has 1 aliphatic rings. The van der Waals surface area contributed by atoms with Crippen molar-refractivity contribution in [3.63, 3.8) is 0 Å². The summed E-state index contributed by atoms with van der Waals surface area (Å²) >= 11 is 0. The van der Waals surface area contributed by atoms with Crippen molar-refractivity contribution in [2.24, 2.45) is 5.84 Å². The van der Waals surface area contributed by atoms with E-state index in [0.29, 0.717) is 5.65 Å². The molecular weight excluding hydrogens is 442 g/mol. The first-order valence-corrected chi connectivity index (χ1v) is 11.7. The standard InChI is InChI=1S/C27H27N5O3/c1-4-35-26(34)22-15-31(20-12-11-18-8-6-9-19(18)13-20)25-21(24(22)33)14-29-27(30-25)32(28)23-10-5-7-16(2)17(23)3/h5,7,10-15H,4,6,8-9,28H2,1-3H3. The number of hydrazine groups is 1. The highest BCUT2D eigenvalue weighted by Crippen LogP contribution is 2.28. The first kappa shape index (κ1) is 22.7. The topological polar surface area (TPSA) is 103 Å². The van der Waals surface area contributed by atoms with Crippen molar-refractivity contribution in [1.29, 1.82) is 0 Å². The summed E-state index contributed by atoms with van der Waals surface area (Å²) in [6.45, 7) is 5.87. The molecule has 5 rings (SSSR count). The highest BCUT2D eigenvalue weighted by molar-refractivity contribution is 5.93. The Labute approximate surface area is 203 Å². The molecule has 4 aromatic rings. The Bertz CT molecular complexity index is 1530. The van der Waals surface area contributed by atoms with E-state index in [2.05, 4.69) is 17.1 Å². The van der Waals surface area contributed by atoms with Gasteiger partial charge in [-0.2, -0.15) is 4.98 Å². The van der Waals surface area contributed by atoms with Crippen LogP contribution in [0.2, 0.25) is 0 Å². The number of fused-ring (bicyclic) bond motifs is 2. The minimum Gasteiger partial charge on any atom is -0.462 e. The molecular formula is C27H27N5O3. The van der Waals surface area contributed by atoms with Crippen LogP contribution in [-0.2, 0) is 17.6 Å². The number of hydrogen-bond donors (Lipinski definition) is 1. The van der Waals surface area contributed by atoms with E-state index in [4.69, 9.17) is 15.6 Å². The molecule has 2 heterocycles. The average molecular weight is 470 g/mol. The SMILES string of the molecule is CCOC(=O)c1cn(-c2ccc3c(c2)CCC3)c2nc(N(N)c3cccc(C)c3C)ncc2c1=O. The second kappa shape index (κ2) is 8.96. The normalized spacial score (nSPS) is 12.6. The number of carbonyl (C=O) groups excluding carboxylic acids is 1. The van der Waals surface area contributed by atoms with Crippen molar-refractivity contribution in [1.82, 2.24) is 14.5 Å². The van der Waals surface area contributed by atoms with Crippen LogP contribution in [0.3, 0.4) is 0 Å². The summed E-state index contributed by atoms with van der Waals surface area (Å²) in [6, 6.07) is 12.0. The second-order valence-corrected chi connectivity index (χ2v) is 8.77. The van der Waals surface area contributed by atoms with E-state index in [1.807, 2.05) is 38.1 Å². The monoisotopic (exact) mass is 469 g/mol. The molecule has 8 nitrogen and oxygen atoms in total. The van der Waals surface area contributed by atoms with Crippen LogP contribution in [0.5, 0.6) is 0 Å². The van der Waals surface area contributed by atoms with Crippen LogP contribution in [0.4, 0.5) is 11.6 Å². The fourth-order valence-corrected chi connectivity index (χ4v) is 4.58. The molecule has 35 heavy (non-hydrogen) atoms. The number of carbonyl (C=O) groups is 1.